The molecule has 0 amide bonds. The molecule has 5 heteroatoms. The van der Waals surface area contributed by atoms with Crippen LogP contribution in [-0.2, 0) is 17.8 Å². The van der Waals surface area contributed by atoms with E-state index >= 15 is 0 Å². The minimum Gasteiger partial charge on any atom is -0.497 e. The summed E-state index contributed by atoms with van der Waals surface area (Å²) in [6.07, 6.45) is 2.55. The Kier molecular flexibility index (Phi) is 4.61. The van der Waals surface area contributed by atoms with Gasteiger partial charge in [0.1, 0.15) is 11.6 Å². The van der Waals surface area contributed by atoms with Crippen molar-refractivity contribution in [2.45, 2.75) is 39.2 Å². The van der Waals surface area contributed by atoms with Gasteiger partial charge in [0.25, 0.3) is 0 Å². The summed E-state index contributed by atoms with van der Waals surface area (Å²) in [7, 11) is 1.64. The molecule has 1 N–H and O–H groups in total. The number of carboxylic acids is 1. The van der Waals surface area contributed by atoms with Crippen molar-refractivity contribution in [3.8, 4) is 5.75 Å². The predicted octanol–water partition coefficient (Wildman–Crippen LogP) is 2.86. The Hall–Kier alpha value is -2.04. The van der Waals surface area contributed by atoms with Crippen LogP contribution in [0.2, 0.25) is 0 Å². The van der Waals surface area contributed by atoms with Gasteiger partial charge in [-0.1, -0.05) is 0 Å². The SMILES string of the molecule is CCn1c(CCCCC(=O)O)nc2cc(OC)ccc21. The number of ether oxygens (including phenoxy) is 1. The lowest BCUT2D eigenvalue weighted by atomic mass is 10.2. The number of aliphatic carboxylic acids is 1. The second-order valence-electron chi connectivity index (χ2n) is 4.73. The zero-order chi connectivity index (χ0) is 14.5. The number of benzene rings is 1. The smallest absolute Gasteiger partial charge is 0.303 e. The van der Waals surface area contributed by atoms with Gasteiger partial charge in [-0.15, -0.1) is 0 Å². The quantitative estimate of drug-likeness (QED) is 0.790. The number of hydrogen-bond acceptors (Lipinski definition) is 3. The molecule has 0 aliphatic carbocycles. The molecule has 5 nitrogen and oxygen atoms in total. The molecule has 0 radical (unpaired) electrons. The molecule has 0 atom stereocenters. The highest BCUT2D eigenvalue weighted by molar-refractivity contribution is 5.77. The number of aromatic nitrogens is 2. The zero-order valence-electron chi connectivity index (χ0n) is 11.9. The lowest BCUT2D eigenvalue weighted by Crippen LogP contribution is -2.02. The highest BCUT2D eigenvalue weighted by Crippen LogP contribution is 2.22. The second kappa shape index (κ2) is 6.41. The summed E-state index contributed by atoms with van der Waals surface area (Å²) in [4.78, 5) is 15.2. The van der Waals surface area contributed by atoms with Crippen LogP contribution >= 0.6 is 0 Å². The van der Waals surface area contributed by atoms with Crippen molar-refractivity contribution in [3.63, 3.8) is 0 Å². The molecule has 1 aromatic heterocycles. The molecule has 0 unspecified atom stereocenters. The summed E-state index contributed by atoms with van der Waals surface area (Å²) in [6.45, 7) is 2.95. The van der Waals surface area contributed by atoms with Crippen LogP contribution in [0.4, 0.5) is 0 Å². The number of carboxylic acid groups (broad SMARTS) is 1. The Balaban J connectivity index is 2.17. The average Bonchev–Trinajstić information content (AvgIpc) is 2.79. The van der Waals surface area contributed by atoms with Crippen molar-refractivity contribution in [1.29, 1.82) is 0 Å². The third-order valence-electron chi connectivity index (χ3n) is 3.39. The molecular weight excluding hydrogens is 256 g/mol. The fourth-order valence-corrected chi connectivity index (χ4v) is 2.39. The summed E-state index contributed by atoms with van der Waals surface area (Å²) in [6, 6.07) is 5.89. The summed E-state index contributed by atoms with van der Waals surface area (Å²) in [5.41, 5.74) is 2.03. The van der Waals surface area contributed by atoms with Gasteiger partial charge in [0, 0.05) is 25.5 Å². The molecule has 2 aromatic rings. The van der Waals surface area contributed by atoms with Crippen molar-refractivity contribution in [1.82, 2.24) is 9.55 Å². The Morgan fingerprint density at radius 3 is 2.85 bits per heavy atom. The number of carbonyl (C=O) groups is 1. The largest absolute Gasteiger partial charge is 0.497 e. The molecule has 0 bridgehead atoms. The number of imidazole rings is 1. The van der Waals surface area contributed by atoms with Crippen molar-refractivity contribution >= 4 is 17.0 Å². The Morgan fingerprint density at radius 2 is 2.20 bits per heavy atom. The van der Waals surface area contributed by atoms with E-state index in [0.717, 1.165) is 42.0 Å². The molecular formula is C15H20N2O3. The maximum atomic E-state index is 10.5. The first-order valence-corrected chi connectivity index (χ1v) is 6.90. The minimum absolute atomic E-state index is 0.222. The van der Waals surface area contributed by atoms with E-state index in [-0.39, 0.29) is 6.42 Å². The van der Waals surface area contributed by atoms with Gasteiger partial charge in [-0.25, -0.2) is 4.98 Å². The zero-order valence-corrected chi connectivity index (χ0v) is 11.9. The van der Waals surface area contributed by atoms with Crippen molar-refractivity contribution in [2.75, 3.05) is 7.11 Å². The van der Waals surface area contributed by atoms with Crippen LogP contribution in [0.3, 0.4) is 0 Å². The third kappa shape index (κ3) is 3.10. The Morgan fingerprint density at radius 1 is 1.40 bits per heavy atom. The van der Waals surface area contributed by atoms with Gasteiger partial charge in [0.05, 0.1) is 18.1 Å². The van der Waals surface area contributed by atoms with E-state index in [1.54, 1.807) is 7.11 Å². The molecule has 0 spiro atoms. The van der Waals surface area contributed by atoms with Gasteiger partial charge in [0.15, 0.2) is 0 Å². The summed E-state index contributed by atoms with van der Waals surface area (Å²) in [5.74, 6) is 1.08. The maximum Gasteiger partial charge on any atom is 0.303 e. The van der Waals surface area contributed by atoms with Crippen molar-refractivity contribution in [3.05, 3.63) is 24.0 Å². The monoisotopic (exact) mass is 276 g/mol. The van der Waals surface area contributed by atoms with Gasteiger partial charge >= 0.3 is 5.97 Å². The number of unbranched alkanes of at least 4 members (excludes halogenated alkanes) is 1. The molecule has 1 aromatic carbocycles. The first-order chi connectivity index (χ1) is 9.65. The molecule has 0 saturated heterocycles. The first kappa shape index (κ1) is 14.4. The first-order valence-electron chi connectivity index (χ1n) is 6.90. The van der Waals surface area contributed by atoms with Crippen LogP contribution in [0, 0.1) is 0 Å². The number of methoxy groups -OCH3 is 1. The molecule has 1 heterocycles. The van der Waals surface area contributed by atoms with Crippen LogP contribution in [0.25, 0.3) is 11.0 Å². The topological polar surface area (TPSA) is 64.4 Å². The normalized spacial score (nSPS) is 10.9. The minimum atomic E-state index is -0.737. The number of aryl methyl sites for hydroxylation is 2. The van der Waals surface area contributed by atoms with E-state index < -0.39 is 5.97 Å². The summed E-state index contributed by atoms with van der Waals surface area (Å²) >= 11 is 0. The van der Waals surface area contributed by atoms with E-state index in [1.807, 2.05) is 18.2 Å². The lowest BCUT2D eigenvalue weighted by molar-refractivity contribution is -0.137. The van der Waals surface area contributed by atoms with E-state index in [9.17, 15) is 4.79 Å². The molecule has 108 valence electrons. The second-order valence-corrected chi connectivity index (χ2v) is 4.73. The van der Waals surface area contributed by atoms with Crippen LogP contribution in [-0.4, -0.2) is 27.7 Å². The van der Waals surface area contributed by atoms with Crippen LogP contribution < -0.4 is 4.74 Å². The molecule has 0 aliphatic rings. The maximum absolute atomic E-state index is 10.5. The van der Waals surface area contributed by atoms with Gasteiger partial charge in [-0.3, -0.25) is 4.79 Å². The van der Waals surface area contributed by atoms with Crippen LogP contribution in [0.1, 0.15) is 32.0 Å². The highest BCUT2D eigenvalue weighted by Gasteiger charge is 2.10. The van der Waals surface area contributed by atoms with E-state index in [4.69, 9.17) is 9.84 Å². The van der Waals surface area contributed by atoms with E-state index in [1.165, 1.54) is 0 Å². The van der Waals surface area contributed by atoms with E-state index in [0.29, 0.717) is 6.42 Å². The van der Waals surface area contributed by atoms with Gasteiger partial charge in [-0.2, -0.15) is 0 Å². The number of fused-ring (bicyclic) bond motifs is 1. The number of hydrogen-bond donors (Lipinski definition) is 1. The lowest BCUT2D eigenvalue weighted by Gasteiger charge is -2.05. The molecule has 20 heavy (non-hydrogen) atoms. The Labute approximate surface area is 118 Å². The fourth-order valence-electron chi connectivity index (χ4n) is 2.39. The highest BCUT2D eigenvalue weighted by atomic mass is 16.5. The summed E-state index contributed by atoms with van der Waals surface area (Å²) < 4.78 is 7.39. The molecule has 0 saturated carbocycles. The van der Waals surface area contributed by atoms with Gasteiger partial charge in [0.2, 0.25) is 0 Å². The van der Waals surface area contributed by atoms with Crippen LogP contribution in [0.5, 0.6) is 5.75 Å². The Bertz CT molecular complexity index is 604. The number of rotatable bonds is 7. The van der Waals surface area contributed by atoms with E-state index in [2.05, 4.69) is 16.5 Å². The molecule has 0 aliphatic heterocycles. The van der Waals surface area contributed by atoms with Gasteiger partial charge in [-0.05, 0) is 31.9 Å². The standard InChI is InChI=1S/C15H20N2O3/c1-3-17-13-9-8-11(20-2)10-12(13)16-14(17)6-4-5-7-15(18)19/h8-10H,3-7H2,1-2H3,(H,18,19). The predicted molar refractivity (Wildman–Crippen MR) is 77.1 cm³/mol. The van der Waals surface area contributed by atoms with Crippen molar-refractivity contribution < 1.29 is 14.6 Å². The third-order valence-corrected chi connectivity index (χ3v) is 3.39. The average molecular weight is 276 g/mol. The molecule has 2 rings (SSSR count). The van der Waals surface area contributed by atoms with Crippen LogP contribution in [0.15, 0.2) is 18.2 Å². The fraction of sp³-hybridized carbons (Fsp3) is 0.467. The van der Waals surface area contributed by atoms with Gasteiger partial charge < -0.3 is 14.4 Å². The molecule has 0 fully saturated rings. The summed E-state index contributed by atoms with van der Waals surface area (Å²) in [5, 5.41) is 8.65. The van der Waals surface area contributed by atoms with Crippen molar-refractivity contribution in [2.24, 2.45) is 0 Å². The number of nitrogens with zero attached hydrogens (tertiary/aromatic N) is 2.